The van der Waals surface area contributed by atoms with Gasteiger partial charge in [-0.1, -0.05) is 13.3 Å². The molecular weight excluding hydrogens is 301 g/mol. The van der Waals surface area contributed by atoms with Gasteiger partial charge in [-0.3, -0.25) is 4.79 Å². The minimum absolute atomic E-state index is 0.0716. The van der Waals surface area contributed by atoms with Gasteiger partial charge in [0.2, 0.25) is 0 Å². The Morgan fingerprint density at radius 1 is 1.44 bits per heavy atom. The van der Waals surface area contributed by atoms with Gasteiger partial charge in [0.25, 0.3) is 5.91 Å². The number of carbonyl (C=O) groups is 1. The molecule has 0 radical (unpaired) electrons. The Balaban J connectivity index is 2.83. The number of unbranched alkanes of at least 4 members (excludes halogenated alkanes) is 1. The smallest absolute Gasteiger partial charge is 0.253 e. The second kappa shape index (κ2) is 7.48. The highest BCUT2D eigenvalue weighted by Gasteiger charge is 2.15. The zero-order valence-corrected chi connectivity index (χ0v) is 11.9. The summed E-state index contributed by atoms with van der Waals surface area (Å²) in [6.07, 6.45) is 1.86. The molecule has 0 aromatic heterocycles. The fraction of sp³-hybridized carbons (Fsp3) is 0.462. The summed E-state index contributed by atoms with van der Waals surface area (Å²) in [5, 5.41) is 8.97. The van der Waals surface area contributed by atoms with Crippen molar-refractivity contribution < 1.29 is 14.3 Å². The predicted molar refractivity (Wildman–Crippen MR) is 72.0 cm³/mol. The van der Waals surface area contributed by atoms with Crippen LogP contribution in [-0.2, 0) is 0 Å². The van der Waals surface area contributed by atoms with Crippen LogP contribution < -0.4 is 0 Å². The molecule has 1 amide bonds. The lowest BCUT2D eigenvalue weighted by Crippen LogP contribution is -2.34. The van der Waals surface area contributed by atoms with E-state index in [4.69, 9.17) is 5.11 Å². The van der Waals surface area contributed by atoms with Crippen LogP contribution >= 0.6 is 15.9 Å². The first-order valence-corrected chi connectivity index (χ1v) is 6.74. The van der Waals surface area contributed by atoms with Crippen LogP contribution in [0.5, 0.6) is 0 Å². The van der Waals surface area contributed by atoms with Crippen LogP contribution in [0.3, 0.4) is 0 Å². The zero-order valence-electron chi connectivity index (χ0n) is 10.3. The zero-order chi connectivity index (χ0) is 13.5. The van der Waals surface area contributed by atoms with Gasteiger partial charge in [0.15, 0.2) is 0 Å². The van der Waals surface area contributed by atoms with E-state index in [2.05, 4.69) is 15.9 Å². The normalized spacial score (nSPS) is 10.4. The molecule has 100 valence electrons. The van der Waals surface area contributed by atoms with Gasteiger partial charge in [0.1, 0.15) is 5.82 Å². The van der Waals surface area contributed by atoms with Crippen LogP contribution in [0.15, 0.2) is 22.7 Å². The second-order valence-electron chi connectivity index (χ2n) is 4.00. The van der Waals surface area contributed by atoms with Crippen molar-refractivity contribution >= 4 is 21.8 Å². The van der Waals surface area contributed by atoms with Crippen LogP contribution in [0, 0.1) is 5.82 Å². The number of rotatable bonds is 6. The van der Waals surface area contributed by atoms with E-state index in [9.17, 15) is 9.18 Å². The Bertz CT molecular complexity index is 412. The van der Waals surface area contributed by atoms with Gasteiger partial charge in [-0.2, -0.15) is 0 Å². The lowest BCUT2D eigenvalue weighted by atomic mass is 10.2. The van der Waals surface area contributed by atoms with Gasteiger partial charge in [0, 0.05) is 18.7 Å². The van der Waals surface area contributed by atoms with Crippen LogP contribution in [0.2, 0.25) is 0 Å². The summed E-state index contributed by atoms with van der Waals surface area (Å²) in [7, 11) is 0. The van der Waals surface area contributed by atoms with E-state index in [1.165, 1.54) is 18.2 Å². The maximum absolute atomic E-state index is 13.1. The summed E-state index contributed by atoms with van der Waals surface area (Å²) in [5.74, 6) is -0.577. The first-order chi connectivity index (χ1) is 8.60. The molecule has 3 nitrogen and oxygen atoms in total. The lowest BCUT2D eigenvalue weighted by molar-refractivity contribution is 0.0719. The number of carbonyl (C=O) groups excluding carboxylic acids is 1. The van der Waals surface area contributed by atoms with Crippen molar-refractivity contribution in [1.29, 1.82) is 0 Å². The Morgan fingerprint density at radius 2 is 2.17 bits per heavy atom. The van der Waals surface area contributed by atoms with Crippen LogP contribution in [-0.4, -0.2) is 35.6 Å². The van der Waals surface area contributed by atoms with Crippen molar-refractivity contribution in [2.45, 2.75) is 19.8 Å². The molecule has 5 heteroatoms. The molecule has 0 aliphatic carbocycles. The molecule has 0 aliphatic heterocycles. The first-order valence-electron chi connectivity index (χ1n) is 5.95. The predicted octanol–water partition coefficient (Wildman–Crippen LogP) is 2.82. The summed E-state index contributed by atoms with van der Waals surface area (Å²) in [4.78, 5) is 13.8. The van der Waals surface area contributed by atoms with Gasteiger partial charge >= 0.3 is 0 Å². The standard InChI is InChI=1S/C13H17BrFNO2/c1-2-3-6-16(7-8-17)13(18)10-4-5-12(15)11(14)9-10/h4-5,9,17H,2-3,6-8H2,1H3. The molecule has 0 saturated carbocycles. The molecular formula is C13H17BrFNO2. The number of amides is 1. The molecule has 0 aliphatic rings. The summed E-state index contributed by atoms with van der Waals surface area (Å²) >= 11 is 3.06. The fourth-order valence-corrected chi connectivity index (χ4v) is 1.98. The van der Waals surface area contributed by atoms with E-state index in [0.29, 0.717) is 18.7 Å². The molecule has 1 aromatic rings. The third-order valence-corrected chi connectivity index (χ3v) is 3.21. The number of aliphatic hydroxyl groups is 1. The molecule has 0 bridgehead atoms. The van der Waals surface area contributed by atoms with Gasteiger partial charge in [-0.05, 0) is 40.5 Å². The fourth-order valence-electron chi connectivity index (χ4n) is 1.60. The van der Waals surface area contributed by atoms with Gasteiger partial charge in [0.05, 0.1) is 11.1 Å². The molecule has 0 saturated heterocycles. The number of hydrogen-bond donors (Lipinski definition) is 1. The Labute approximate surface area is 115 Å². The molecule has 0 unspecified atom stereocenters. The van der Waals surface area contributed by atoms with Crippen molar-refractivity contribution in [2.24, 2.45) is 0 Å². The largest absolute Gasteiger partial charge is 0.395 e. The molecule has 1 rings (SSSR count). The van der Waals surface area contributed by atoms with E-state index in [-0.39, 0.29) is 17.0 Å². The number of benzene rings is 1. The van der Waals surface area contributed by atoms with E-state index in [1.54, 1.807) is 4.90 Å². The maximum Gasteiger partial charge on any atom is 0.253 e. The third-order valence-electron chi connectivity index (χ3n) is 2.61. The number of halogens is 2. The van der Waals surface area contributed by atoms with E-state index < -0.39 is 5.82 Å². The van der Waals surface area contributed by atoms with Crippen molar-refractivity contribution in [2.75, 3.05) is 19.7 Å². The Morgan fingerprint density at radius 3 is 2.72 bits per heavy atom. The second-order valence-corrected chi connectivity index (χ2v) is 4.85. The molecule has 1 aromatic carbocycles. The SMILES string of the molecule is CCCCN(CCO)C(=O)c1ccc(F)c(Br)c1. The van der Waals surface area contributed by atoms with Crippen molar-refractivity contribution in [3.8, 4) is 0 Å². The highest BCUT2D eigenvalue weighted by molar-refractivity contribution is 9.10. The van der Waals surface area contributed by atoms with E-state index in [1.807, 2.05) is 6.92 Å². The minimum atomic E-state index is -0.395. The van der Waals surface area contributed by atoms with E-state index >= 15 is 0 Å². The van der Waals surface area contributed by atoms with Gasteiger partial charge in [-0.25, -0.2) is 4.39 Å². The summed E-state index contributed by atoms with van der Waals surface area (Å²) < 4.78 is 13.4. The maximum atomic E-state index is 13.1. The molecule has 0 spiro atoms. The summed E-state index contributed by atoms with van der Waals surface area (Å²) in [6, 6.07) is 4.18. The molecule has 0 atom stereocenters. The average molecular weight is 318 g/mol. The number of hydrogen-bond acceptors (Lipinski definition) is 2. The van der Waals surface area contributed by atoms with Crippen LogP contribution in [0.1, 0.15) is 30.1 Å². The molecule has 0 heterocycles. The number of nitrogens with zero attached hydrogens (tertiary/aromatic N) is 1. The van der Waals surface area contributed by atoms with Crippen LogP contribution in [0.25, 0.3) is 0 Å². The topological polar surface area (TPSA) is 40.5 Å². The van der Waals surface area contributed by atoms with Gasteiger partial charge in [-0.15, -0.1) is 0 Å². The third kappa shape index (κ3) is 4.07. The molecule has 18 heavy (non-hydrogen) atoms. The summed E-state index contributed by atoms with van der Waals surface area (Å²) in [6.45, 7) is 2.87. The quantitative estimate of drug-likeness (QED) is 0.876. The highest BCUT2D eigenvalue weighted by atomic mass is 79.9. The van der Waals surface area contributed by atoms with Gasteiger partial charge < -0.3 is 10.0 Å². The lowest BCUT2D eigenvalue weighted by Gasteiger charge is -2.21. The van der Waals surface area contributed by atoms with Crippen molar-refractivity contribution in [3.63, 3.8) is 0 Å². The average Bonchev–Trinajstić information content (AvgIpc) is 2.37. The minimum Gasteiger partial charge on any atom is -0.395 e. The Kier molecular flexibility index (Phi) is 6.29. The molecule has 1 N–H and O–H groups in total. The van der Waals surface area contributed by atoms with Crippen molar-refractivity contribution in [1.82, 2.24) is 4.90 Å². The van der Waals surface area contributed by atoms with Crippen molar-refractivity contribution in [3.05, 3.63) is 34.1 Å². The Hall–Kier alpha value is -0.940. The number of aliphatic hydroxyl groups excluding tert-OH is 1. The monoisotopic (exact) mass is 317 g/mol. The van der Waals surface area contributed by atoms with E-state index in [0.717, 1.165) is 12.8 Å². The summed E-state index contributed by atoms with van der Waals surface area (Å²) in [5.41, 5.74) is 0.424. The molecule has 0 fully saturated rings. The first kappa shape index (κ1) is 15.1. The highest BCUT2D eigenvalue weighted by Crippen LogP contribution is 2.18. The van der Waals surface area contributed by atoms with Crippen LogP contribution in [0.4, 0.5) is 4.39 Å².